The van der Waals surface area contributed by atoms with E-state index in [0.29, 0.717) is 11.5 Å². The minimum Gasteiger partial charge on any atom is -0.493 e. The third-order valence-electron chi connectivity index (χ3n) is 4.10. The molecule has 1 unspecified atom stereocenters. The summed E-state index contributed by atoms with van der Waals surface area (Å²) in [6.45, 7) is 5.12. The average Bonchev–Trinajstić information content (AvgIpc) is 2.76. The van der Waals surface area contributed by atoms with Crippen molar-refractivity contribution >= 4 is 5.91 Å². The van der Waals surface area contributed by atoms with E-state index in [9.17, 15) is 4.79 Å². The summed E-state index contributed by atoms with van der Waals surface area (Å²) >= 11 is 0. The standard InChI is InChI=1S/C17H25NO3/c1-5-7-9-18-14(8-6-2)12-10-15(20-3)16(21-4)11-13(12)17(18)19/h10-11,14H,5-9H2,1-4H3. The normalized spacial score (nSPS) is 17.0. The lowest BCUT2D eigenvalue weighted by atomic mass is 10.00. The maximum Gasteiger partial charge on any atom is 0.254 e. The molecular formula is C17H25NO3. The second kappa shape index (κ2) is 6.83. The van der Waals surface area contributed by atoms with Gasteiger partial charge in [0, 0.05) is 12.1 Å². The number of hydrogen-bond donors (Lipinski definition) is 0. The van der Waals surface area contributed by atoms with Crippen molar-refractivity contribution in [3.8, 4) is 11.5 Å². The molecule has 2 rings (SSSR count). The van der Waals surface area contributed by atoms with Crippen LogP contribution in [0.4, 0.5) is 0 Å². The third-order valence-corrected chi connectivity index (χ3v) is 4.10. The van der Waals surface area contributed by atoms with E-state index in [1.807, 2.05) is 17.0 Å². The molecule has 1 atom stereocenters. The quantitative estimate of drug-likeness (QED) is 0.767. The second-order valence-electron chi connectivity index (χ2n) is 5.45. The Kier molecular flexibility index (Phi) is 5.10. The fourth-order valence-electron chi connectivity index (χ4n) is 2.99. The van der Waals surface area contributed by atoms with Gasteiger partial charge in [0.05, 0.1) is 20.3 Å². The van der Waals surface area contributed by atoms with Gasteiger partial charge in [-0.25, -0.2) is 0 Å². The maximum absolute atomic E-state index is 12.7. The molecule has 0 bridgehead atoms. The van der Waals surface area contributed by atoms with E-state index in [2.05, 4.69) is 13.8 Å². The molecule has 0 saturated carbocycles. The van der Waals surface area contributed by atoms with E-state index in [0.717, 1.165) is 43.4 Å². The van der Waals surface area contributed by atoms with Crippen molar-refractivity contribution in [3.05, 3.63) is 23.3 Å². The summed E-state index contributed by atoms with van der Waals surface area (Å²) in [4.78, 5) is 14.7. The van der Waals surface area contributed by atoms with Crippen LogP contribution >= 0.6 is 0 Å². The SMILES string of the molecule is CCCCN1C(=O)c2cc(OC)c(OC)cc2C1CCC. The average molecular weight is 291 g/mol. The molecule has 0 spiro atoms. The number of amides is 1. The molecule has 0 fully saturated rings. The molecule has 116 valence electrons. The van der Waals surface area contributed by atoms with Crippen molar-refractivity contribution in [1.29, 1.82) is 0 Å². The monoisotopic (exact) mass is 291 g/mol. The molecule has 1 aliphatic rings. The summed E-state index contributed by atoms with van der Waals surface area (Å²) in [6, 6.07) is 3.97. The highest BCUT2D eigenvalue weighted by molar-refractivity contribution is 6.00. The Balaban J connectivity index is 2.42. The number of carbonyl (C=O) groups excluding carboxylic acids is 1. The molecule has 1 heterocycles. The lowest BCUT2D eigenvalue weighted by Crippen LogP contribution is -2.29. The number of carbonyl (C=O) groups is 1. The van der Waals surface area contributed by atoms with Crippen LogP contribution in [0.1, 0.15) is 61.5 Å². The van der Waals surface area contributed by atoms with Crippen LogP contribution in [0, 0.1) is 0 Å². The summed E-state index contributed by atoms with van der Waals surface area (Å²) in [5.41, 5.74) is 1.85. The molecule has 1 amide bonds. The topological polar surface area (TPSA) is 38.8 Å². The summed E-state index contributed by atoms with van der Waals surface area (Å²) in [6.07, 6.45) is 4.16. The van der Waals surface area contributed by atoms with Crippen LogP contribution in [0.5, 0.6) is 11.5 Å². The lowest BCUT2D eigenvalue weighted by Gasteiger charge is -2.25. The smallest absolute Gasteiger partial charge is 0.254 e. The zero-order valence-corrected chi connectivity index (χ0v) is 13.4. The number of benzene rings is 1. The Labute approximate surface area is 127 Å². The minimum atomic E-state index is 0.123. The minimum absolute atomic E-state index is 0.123. The molecule has 4 nitrogen and oxygen atoms in total. The fourth-order valence-corrected chi connectivity index (χ4v) is 2.99. The Morgan fingerprint density at radius 1 is 1.10 bits per heavy atom. The predicted molar refractivity (Wildman–Crippen MR) is 83.1 cm³/mol. The van der Waals surface area contributed by atoms with Crippen molar-refractivity contribution in [2.24, 2.45) is 0 Å². The second-order valence-corrected chi connectivity index (χ2v) is 5.45. The summed E-state index contributed by atoms with van der Waals surface area (Å²) in [5, 5.41) is 0. The van der Waals surface area contributed by atoms with Crippen molar-refractivity contribution in [2.45, 2.75) is 45.6 Å². The van der Waals surface area contributed by atoms with Gasteiger partial charge in [0.25, 0.3) is 5.91 Å². The number of ether oxygens (including phenoxy) is 2. The van der Waals surface area contributed by atoms with Crippen LogP contribution in [-0.2, 0) is 0 Å². The Morgan fingerprint density at radius 3 is 2.33 bits per heavy atom. The molecule has 21 heavy (non-hydrogen) atoms. The molecule has 1 aromatic carbocycles. The van der Waals surface area contributed by atoms with E-state index in [-0.39, 0.29) is 11.9 Å². The molecular weight excluding hydrogens is 266 g/mol. The Morgan fingerprint density at radius 2 is 1.76 bits per heavy atom. The van der Waals surface area contributed by atoms with Gasteiger partial charge in [-0.15, -0.1) is 0 Å². The third kappa shape index (κ3) is 2.85. The van der Waals surface area contributed by atoms with Crippen LogP contribution < -0.4 is 9.47 Å². The zero-order chi connectivity index (χ0) is 15.4. The van der Waals surface area contributed by atoms with Gasteiger partial charge in [0.15, 0.2) is 11.5 Å². The summed E-state index contributed by atoms with van der Waals surface area (Å²) < 4.78 is 10.7. The van der Waals surface area contributed by atoms with Crippen LogP contribution in [0.15, 0.2) is 12.1 Å². The van der Waals surface area contributed by atoms with Gasteiger partial charge < -0.3 is 14.4 Å². The predicted octanol–water partition coefficient (Wildman–Crippen LogP) is 3.80. The van der Waals surface area contributed by atoms with Crippen molar-refractivity contribution < 1.29 is 14.3 Å². The van der Waals surface area contributed by atoms with Crippen LogP contribution in [0.3, 0.4) is 0 Å². The molecule has 0 saturated heterocycles. The number of hydrogen-bond acceptors (Lipinski definition) is 3. The van der Waals surface area contributed by atoms with Crippen LogP contribution in [0.25, 0.3) is 0 Å². The number of methoxy groups -OCH3 is 2. The first kappa shape index (κ1) is 15.7. The first-order chi connectivity index (χ1) is 10.2. The highest BCUT2D eigenvalue weighted by Crippen LogP contribution is 2.42. The highest BCUT2D eigenvalue weighted by atomic mass is 16.5. The van der Waals surface area contributed by atoms with E-state index in [1.165, 1.54) is 0 Å². The van der Waals surface area contributed by atoms with Gasteiger partial charge >= 0.3 is 0 Å². The van der Waals surface area contributed by atoms with Crippen molar-refractivity contribution in [2.75, 3.05) is 20.8 Å². The van der Waals surface area contributed by atoms with E-state index in [1.54, 1.807) is 14.2 Å². The maximum atomic E-state index is 12.7. The first-order valence-corrected chi connectivity index (χ1v) is 7.74. The number of nitrogens with zero attached hydrogens (tertiary/aromatic N) is 1. The van der Waals surface area contributed by atoms with Gasteiger partial charge in [-0.1, -0.05) is 26.7 Å². The van der Waals surface area contributed by atoms with Gasteiger partial charge in [-0.2, -0.15) is 0 Å². The van der Waals surface area contributed by atoms with Gasteiger partial charge in [0.2, 0.25) is 0 Å². The van der Waals surface area contributed by atoms with E-state index >= 15 is 0 Å². The van der Waals surface area contributed by atoms with Gasteiger partial charge in [-0.05, 0) is 30.5 Å². The summed E-state index contributed by atoms with van der Waals surface area (Å²) in [5.74, 6) is 1.44. The van der Waals surface area contributed by atoms with Crippen LogP contribution in [-0.4, -0.2) is 31.6 Å². The van der Waals surface area contributed by atoms with Gasteiger partial charge in [-0.3, -0.25) is 4.79 Å². The van der Waals surface area contributed by atoms with Crippen molar-refractivity contribution in [1.82, 2.24) is 4.90 Å². The first-order valence-electron chi connectivity index (χ1n) is 7.74. The fraction of sp³-hybridized carbons (Fsp3) is 0.588. The van der Waals surface area contributed by atoms with Crippen molar-refractivity contribution in [3.63, 3.8) is 0 Å². The van der Waals surface area contributed by atoms with E-state index in [4.69, 9.17) is 9.47 Å². The largest absolute Gasteiger partial charge is 0.493 e. The van der Waals surface area contributed by atoms with Crippen LogP contribution in [0.2, 0.25) is 0 Å². The zero-order valence-electron chi connectivity index (χ0n) is 13.4. The molecule has 0 radical (unpaired) electrons. The lowest BCUT2D eigenvalue weighted by molar-refractivity contribution is 0.0714. The Bertz CT molecular complexity index is 513. The van der Waals surface area contributed by atoms with E-state index < -0.39 is 0 Å². The van der Waals surface area contributed by atoms with Gasteiger partial charge in [0.1, 0.15) is 0 Å². The highest BCUT2D eigenvalue weighted by Gasteiger charge is 2.36. The number of unbranched alkanes of at least 4 members (excludes halogenated alkanes) is 1. The molecule has 1 aromatic rings. The number of fused-ring (bicyclic) bond motifs is 1. The molecule has 0 aliphatic carbocycles. The molecule has 1 aliphatic heterocycles. The Hall–Kier alpha value is -1.71. The number of rotatable bonds is 7. The molecule has 0 aromatic heterocycles. The molecule has 4 heteroatoms. The molecule has 0 N–H and O–H groups in total. The summed E-state index contributed by atoms with van der Waals surface area (Å²) in [7, 11) is 3.23.